The van der Waals surface area contributed by atoms with E-state index in [4.69, 9.17) is 0 Å². The number of imidazole rings is 1. The summed E-state index contributed by atoms with van der Waals surface area (Å²) in [6.45, 7) is 0. The lowest BCUT2D eigenvalue weighted by atomic mass is 10.1. The van der Waals surface area contributed by atoms with Gasteiger partial charge in [0.15, 0.2) is 0 Å². The molecule has 2 aromatic rings. The highest BCUT2D eigenvalue weighted by Gasteiger charge is 2.11. The number of nitrogens with zero attached hydrogens (tertiary/aromatic N) is 1. The fraction of sp³-hybridized carbons (Fsp3) is 0.364. The Bertz CT molecular complexity index is 391. The second kappa shape index (κ2) is 2.87. The second-order valence-corrected chi connectivity index (χ2v) is 3.39. The number of aromatic amines is 1. The lowest BCUT2D eigenvalue weighted by Gasteiger charge is -1.96. The summed E-state index contributed by atoms with van der Waals surface area (Å²) in [7, 11) is 0. The van der Waals surface area contributed by atoms with Crippen molar-refractivity contribution in [3.05, 3.63) is 29.6 Å². The van der Waals surface area contributed by atoms with Gasteiger partial charge in [-0.1, -0.05) is 7.43 Å². The maximum Gasteiger partial charge on any atom is 0.0931 e. The van der Waals surface area contributed by atoms with Crippen LogP contribution in [0.2, 0.25) is 0 Å². The van der Waals surface area contributed by atoms with Gasteiger partial charge in [0.1, 0.15) is 0 Å². The Balaban J connectivity index is 0.000000653. The third-order valence-corrected chi connectivity index (χ3v) is 2.63. The number of hydrogen-bond donors (Lipinski definition) is 1. The maximum atomic E-state index is 4.24. The van der Waals surface area contributed by atoms with Crippen LogP contribution in [0.3, 0.4) is 0 Å². The molecule has 2 heteroatoms. The van der Waals surface area contributed by atoms with Crippen molar-refractivity contribution in [3.8, 4) is 0 Å². The number of fused-ring (bicyclic) bond motifs is 2. The van der Waals surface area contributed by atoms with Gasteiger partial charge in [-0.05, 0) is 42.5 Å². The van der Waals surface area contributed by atoms with Gasteiger partial charge in [0.05, 0.1) is 17.4 Å². The van der Waals surface area contributed by atoms with Gasteiger partial charge >= 0.3 is 0 Å². The summed E-state index contributed by atoms with van der Waals surface area (Å²) in [5.74, 6) is 0. The minimum atomic E-state index is 0. The minimum Gasteiger partial charge on any atom is -0.345 e. The zero-order chi connectivity index (χ0) is 7.97. The van der Waals surface area contributed by atoms with Crippen molar-refractivity contribution in [2.24, 2.45) is 0 Å². The van der Waals surface area contributed by atoms with Gasteiger partial charge in [-0.2, -0.15) is 0 Å². The molecule has 0 aliphatic heterocycles. The van der Waals surface area contributed by atoms with E-state index in [0.29, 0.717) is 0 Å². The van der Waals surface area contributed by atoms with E-state index in [1.165, 1.54) is 35.9 Å². The Morgan fingerprint density at radius 1 is 1.15 bits per heavy atom. The van der Waals surface area contributed by atoms with Crippen LogP contribution in [0.15, 0.2) is 18.5 Å². The van der Waals surface area contributed by atoms with Gasteiger partial charge in [-0.15, -0.1) is 0 Å². The van der Waals surface area contributed by atoms with Crippen molar-refractivity contribution in [2.45, 2.75) is 26.7 Å². The Hall–Kier alpha value is -1.31. The molecule has 3 rings (SSSR count). The van der Waals surface area contributed by atoms with E-state index >= 15 is 0 Å². The zero-order valence-corrected chi connectivity index (χ0v) is 6.80. The molecule has 0 fully saturated rings. The number of H-pyrrole nitrogens is 1. The molecule has 0 bridgehead atoms. The molecule has 2 nitrogen and oxygen atoms in total. The Morgan fingerprint density at radius 2 is 1.92 bits per heavy atom. The molecule has 1 aromatic carbocycles. The van der Waals surface area contributed by atoms with Crippen molar-refractivity contribution >= 4 is 11.0 Å². The molecule has 0 atom stereocenters. The van der Waals surface area contributed by atoms with Crippen molar-refractivity contribution < 1.29 is 0 Å². The number of hydrogen-bond acceptors (Lipinski definition) is 1. The first-order valence-corrected chi connectivity index (χ1v) is 4.38. The molecular weight excluding hydrogens is 160 g/mol. The minimum absolute atomic E-state index is 0. The van der Waals surface area contributed by atoms with Crippen LogP contribution >= 0.6 is 0 Å². The number of nitrogens with one attached hydrogen (secondary N) is 1. The number of aryl methyl sites for hydroxylation is 2. The van der Waals surface area contributed by atoms with Crippen LogP contribution in [-0.4, -0.2) is 9.97 Å². The van der Waals surface area contributed by atoms with Crippen molar-refractivity contribution in [3.63, 3.8) is 0 Å². The average Bonchev–Trinajstić information content (AvgIpc) is 2.64. The quantitative estimate of drug-likeness (QED) is 0.653. The van der Waals surface area contributed by atoms with Crippen molar-refractivity contribution in [1.82, 2.24) is 9.97 Å². The number of aromatic nitrogens is 2. The van der Waals surface area contributed by atoms with Crippen LogP contribution in [0.1, 0.15) is 25.0 Å². The van der Waals surface area contributed by atoms with E-state index in [2.05, 4.69) is 22.1 Å². The highest BCUT2D eigenvalue weighted by Crippen LogP contribution is 2.25. The summed E-state index contributed by atoms with van der Waals surface area (Å²) < 4.78 is 0. The highest BCUT2D eigenvalue weighted by atomic mass is 14.9. The predicted octanol–water partition coefficient (Wildman–Crippen LogP) is 2.69. The molecule has 68 valence electrons. The predicted molar refractivity (Wildman–Crippen MR) is 54.8 cm³/mol. The maximum absolute atomic E-state index is 4.24. The van der Waals surface area contributed by atoms with Crippen LogP contribution in [0.25, 0.3) is 11.0 Å². The fourth-order valence-electron chi connectivity index (χ4n) is 2.00. The first kappa shape index (κ1) is 8.30. The molecule has 1 aliphatic rings. The van der Waals surface area contributed by atoms with Crippen LogP contribution < -0.4 is 0 Å². The van der Waals surface area contributed by atoms with E-state index < -0.39 is 0 Å². The molecule has 1 aliphatic carbocycles. The van der Waals surface area contributed by atoms with E-state index in [0.717, 1.165) is 5.52 Å². The first-order chi connectivity index (χ1) is 5.93. The fourth-order valence-corrected chi connectivity index (χ4v) is 2.00. The Morgan fingerprint density at radius 3 is 2.77 bits per heavy atom. The molecule has 0 radical (unpaired) electrons. The summed E-state index contributed by atoms with van der Waals surface area (Å²) in [5, 5.41) is 0. The lowest BCUT2D eigenvalue weighted by molar-refractivity contribution is 0.912. The van der Waals surface area contributed by atoms with Crippen LogP contribution in [0, 0.1) is 0 Å². The number of benzene rings is 1. The average molecular weight is 174 g/mol. The Kier molecular flexibility index (Phi) is 1.83. The summed E-state index contributed by atoms with van der Waals surface area (Å²) in [5.41, 5.74) is 5.28. The molecule has 0 saturated carbocycles. The largest absolute Gasteiger partial charge is 0.345 e. The van der Waals surface area contributed by atoms with Gasteiger partial charge in [-0.25, -0.2) is 4.98 Å². The normalized spacial score (nSPS) is 14.2. The summed E-state index contributed by atoms with van der Waals surface area (Å²) >= 11 is 0. The first-order valence-electron chi connectivity index (χ1n) is 4.38. The standard InChI is InChI=1S/C10H10N2.CH4/c1-2-7-4-9-10(12-6-11-9)5-8(7)3-1;/h4-6H,1-3H2,(H,11,12);1H4. The van der Waals surface area contributed by atoms with Crippen LogP contribution in [0.4, 0.5) is 0 Å². The van der Waals surface area contributed by atoms with Crippen LogP contribution in [-0.2, 0) is 12.8 Å². The topological polar surface area (TPSA) is 28.7 Å². The molecule has 0 spiro atoms. The summed E-state index contributed by atoms with van der Waals surface area (Å²) in [4.78, 5) is 7.38. The molecule has 13 heavy (non-hydrogen) atoms. The van der Waals surface area contributed by atoms with Gasteiger partial charge in [-0.3, -0.25) is 0 Å². The molecular formula is C11H14N2. The van der Waals surface area contributed by atoms with E-state index in [-0.39, 0.29) is 7.43 Å². The molecule has 1 aromatic heterocycles. The number of rotatable bonds is 0. The van der Waals surface area contributed by atoms with E-state index in [1.807, 2.05) is 0 Å². The molecule has 0 amide bonds. The van der Waals surface area contributed by atoms with Crippen LogP contribution in [0.5, 0.6) is 0 Å². The Labute approximate surface area is 78.0 Å². The molecule has 0 saturated heterocycles. The molecule has 1 N–H and O–H groups in total. The highest BCUT2D eigenvalue weighted by molar-refractivity contribution is 5.76. The smallest absolute Gasteiger partial charge is 0.0931 e. The van der Waals surface area contributed by atoms with Gasteiger partial charge in [0.25, 0.3) is 0 Å². The van der Waals surface area contributed by atoms with E-state index in [1.54, 1.807) is 6.33 Å². The molecule has 0 unspecified atom stereocenters. The SMILES string of the molecule is C.c1nc2cc3c(cc2[nH]1)CCC3. The third-order valence-electron chi connectivity index (χ3n) is 2.63. The van der Waals surface area contributed by atoms with Crippen molar-refractivity contribution in [1.29, 1.82) is 0 Å². The van der Waals surface area contributed by atoms with Gasteiger partial charge in [0.2, 0.25) is 0 Å². The van der Waals surface area contributed by atoms with Crippen molar-refractivity contribution in [2.75, 3.05) is 0 Å². The third kappa shape index (κ3) is 1.13. The zero-order valence-electron chi connectivity index (χ0n) is 6.80. The van der Waals surface area contributed by atoms with Gasteiger partial charge in [0, 0.05) is 0 Å². The van der Waals surface area contributed by atoms with E-state index in [9.17, 15) is 0 Å². The summed E-state index contributed by atoms with van der Waals surface area (Å²) in [6.07, 6.45) is 5.55. The molecule has 1 heterocycles. The second-order valence-electron chi connectivity index (χ2n) is 3.39. The monoisotopic (exact) mass is 174 g/mol. The summed E-state index contributed by atoms with van der Waals surface area (Å²) in [6, 6.07) is 4.46. The van der Waals surface area contributed by atoms with Gasteiger partial charge < -0.3 is 4.98 Å². The lowest BCUT2D eigenvalue weighted by Crippen LogP contribution is -1.81.